The molecule has 1 aliphatic heterocycles. The number of hydrogen-bond donors (Lipinski definition) is 2. The molecule has 7 heteroatoms. The van der Waals surface area contributed by atoms with Crippen molar-refractivity contribution in [2.24, 2.45) is 5.92 Å². The van der Waals surface area contributed by atoms with Crippen LogP contribution in [0, 0.1) is 12.8 Å². The van der Waals surface area contributed by atoms with Crippen molar-refractivity contribution >= 4 is 29.4 Å². The summed E-state index contributed by atoms with van der Waals surface area (Å²) in [6, 6.07) is 1.77. The van der Waals surface area contributed by atoms with Gasteiger partial charge in [0.1, 0.15) is 0 Å². The van der Waals surface area contributed by atoms with Gasteiger partial charge < -0.3 is 15.2 Å². The van der Waals surface area contributed by atoms with Crippen LogP contribution in [0.5, 0.6) is 0 Å². The van der Waals surface area contributed by atoms with E-state index >= 15 is 0 Å². The van der Waals surface area contributed by atoms with Crippen LogP contribution in [0.3, 0.4) is 0 Å². The molecule has 0 atom stereocenters. The van der Waals surface area contributed by atoms with Gasteiger partial charge in [-0.3, -0.25) is 4.79 Å². The Bertz CT molecular complexity index is 594. The van der Waals surface area contributed by atoms with Gasteiger partial charge in [0.2, 0.25) is 0 Å². The Morgan fingerprint density at radius 3 is 3.05 bits per heavy atom. The number of aryl methyl sites for hydroxylation is 1. The zero-order valence-electron chi connectivity index (χ0n) is 10.5. The summed E-state index contributed by atoms with van der Waals surface area (Å²) >= 11 is 0. The third kappa shape index (κ3) is 2.69. The quantitative estimate of drug-likeness (QED) is 0.874. The van der Waals surface area contributed by atoms with Gasteiger partial charge in [0.15, 0.2) is 0 Å². The Kier molecular flexibility index (Phi) is 4.01. The number of fused-ring (bicyclic) bond motifs is 1. The Morgan fingerprint density at radius 1 is 1.58 bits per heavy atom. The third-order valence-corrected chi connectivity index (χ3v) is 3.19. The van der Waals surface area contributed by atoms with Gasteiger partial charge in [-0.15, -0.1) is 12.4 Å². The average molecular weight is 283 g/mol. The first kappa shape index (κ1) is 13.8. The second-order valence-corrected chi connectivity index (χ2v) is 4.58. The molecule has 3 rings (SSSR count). The first-order chi connectivity index (χ1) is 8.74. The van der Waals surface area contributed by atoms with E-state index in [0.717, 1.165) is 24.2 Å². The van der Waals surface area contributed by atoms with Crippen molar-refractivity contribution < 1.29 is 9.32 Å². The van der Waals surface area contributed by atoms with E-state index in [9.17, 15) is 4.79 Å². The molecule has 19 heavy (non-hydrogen) atoms. The van der Waals surface area contributed by atoms with Gasteiger partial charge in [0.25, 0.3) is 11.6 Å². The highest BCUT2D eigenvalue weighted by Gasteiger charge is 2.18. The summed E-state index contributed by atoms with van der Waals surface area (Å²) in [6.45, 7) is 4.48. The van der Waals surface area contributed by atoms with E-state index in [1.54, 1.807) is 6.07 Å². The van der Waals surface area contributed by atoms with Crippen molar-refractivity contribution in [1.29, 1.82) is 0 Å². The Balaban J connectivity index is 0.00000133. The predicted octanol–water partition coefficient (Wildman–Crippen LogP) is 0.902. The number of amides is 1. The van der Waals surface area contributed by atoms with E-state index in [0.29, 0.717) is 23.7 Å². The fourth-order valence-corrected chi connectivity index (χ4v) is 1.90. The highest BCUT2D eigenvalue weighted by molar-refractivity contribution is 5.96. The van der Waals surface area contributed by atoms with Gasteiger partial charge in [-0.2, -0.15) is 0 Å². The molecule has 1 aliphatic rings. The lowest BCUT2D eigenvalue weighted by Crippen LogP contribution is -2.48. The van der Waals surface area contributed by atoms with Crippen LogP contribution in [-0.4, -0.2) is 35.7 Å². The first-order valence-electron chi connectivity index (χ1n) is 5.95. The van der Waals surface area contributed by atoms with Gasteiger partial charge in [-0.1, -0.05) is 5.16 Å². The minimum Gasteiger partial charge on any atom is -0.352 e. The van der Waals surface area contributed by atoms with E-state index in [-0.39, 0.29) is 18.3 Å². The van der Waals surface area contributed by atoms with Crippen LogP contribution in [0.15, 0.2) is 16.8 Å². The lowest BCUT2D eigenvalue weighted by Gasteiger charge is -2.27. The number of nitrogens with zero attached hydrogens (tertiary/aromatic N) is 2. The Hall–Kier alpha value is -1.66. The number of rotatable bonds is 3. The van der Waals surface area contributed by atoms with Crippen LogP contribution < -0.4 is 10.6 Å². The molecule has 0 radical (unpaired) electrons. The zero-order chi connectivity index (χ0) is 12.5. The van der Waals surface area contributed by atoms with Gasteiger partial charge >= 0.3 is 0 Å². The van der Waals surface area contributed by atoms with Crippen molar-refractivity contribution in [3.8, 4) is 0 Å². The molecular weight excluding hydrogens is 268 g/mol. The summed E-state index contributed by atoms with van der Waals surface area (Å²) in [6.07, 6.45) is 1.52. The molecule has 0 aliphatic carbocycles. The van der Waals surface area contributed by atoms with Crippen molar-refractivity contribution in [3.63, 3.8) is 0 Å². The maximum atomic E-state index is 11.9. The molecule has 1 amide bonds. The maximum absolute atomic E-state index is 11.9. The second kappa shape index (κ2) is 5.54. The minimum atomic E-state index is -0.100. The number of pyridine rings is 1. The van der Waals surface area contributed by atoms with Crippen LogP contribution in [-0.2, 0) is 0 Å². The molecule has 1 fully saturated rings. The van der Waals surface area contributed by atoms with E-state index in [2.05, 4.69) is 20.8 Å². The third-order valence-electron chi connectivity index (χ3n) is 3.19. The van der Waals surface area contributed by atoms with Crippen molar-refractivity contribution in [2.75, 3.05) is 19.6 Å². The Morgan fingerprint density at radius 2 is 2.37 bits per heavy atom. The summed E-state index contributed by atoms with van der Waals surface area (Å²) in [4.78, 5) is 16.0. The van der Waals surface area contributed by atoms with Crippen molar-refractivity contribution in [2.45, 2.75) is 6.92 Å². The predicted molar refractivity (Wildman–Crippen MR) is 72.5 cm³/mol. The monoisotopic (exact) mass is 282 g/mol. The zero-order valence-corrected chi connectivity index (χ0v) is 11.3. The fraction of sp³-hybridized carbons (Fsp3) is 0.417. The standard InChI is InChI=1S/C12H14N4O2.ClH/c1-7-10-2-9(6-15-12(10)18-16-7)11(17)14-5-8-3-13-4-8;/h2,6,8,13H,3-5H2,1H3,(H,14,17);1H. The van der Waals surface area contributed by atoms with Crippen molar-refractivity contribution in [3.05, 3.63) is 23.5 Å². The lowest BCUT2D eigenvalue weighted by molar-refractivity contribution is 0.0942. The number of aromatic nitrogens is 2. The number of hydrogen-bond acceptors (Lipinski definition) is 5. The molecule has 0 aromatic carbocycles. The summed E-state index contributed by atoms with van der Waals surface area (Å²) < 4.78 is 5.01. The molecule has 2 aromatic rings. The van der Waals surface area contributed by atoms with Gasteiger partial charge in [0, 0.05) is 31.7 Å². The summed E-state index contributed by atoms with van der Waals surface area (Å²) in [7, 11) is 0. The summed E-state index contributed by atoms with van der Waals surface area (Å²) in [5, 5.41) is 10.7. The molecule has 2 N–H and O–H groups in total. The molecule has 0 bridgehead atoms. The smallest absolute Gasteiger partial charge is 0.257 e. The van der Waals surface area contributed by atoms with Gasteiger partial charge in [0.05, 0.1) is 16.6 Å². The van der Waals surface area contributed by atoms with Crippen LogP contribution in [0.4, 0.5) is 0 Å². The summed E-state index contributed by atoms with van der Waals surface area (Å²) in [5.74, 6) is 0.444. The lowest BCUT2D eigenvalue weighted by atomic mass is 10.0. The molecule has 3 heterocycles. The van der Waals surface area contributed by atoms with E-state index in [1.165, 1.54) is 6.20 Å². The molecular formula is C12H15ClN4O2. The van der Waals surface area contributed by atoms with Gasteiger partial charge in [-0.05, 0) is 13.0 Å². The molecule has 0 unspecified atom stereocenters. The fourth-order valence-electron chi connectivity index (χ4n) is 1.90. The average Bonchev–Trinajstić information content (AvgIpc) is 2.68. The van der Waals surface area contributed by atoms with Crippen LogP contribution in [0.25, 0.3) is 11.1 Å². The van der Waals surface area contributed by atoms with Crippen LogP contribution in [0.1, 0.15) is 16.1 Å². The molecule has 0 spiro atoms. The molecule has 2 aromatic heterocycles. The van der Waals surface area contributed by atoms with E-state index in [4.69, 9.17) is 4.52 Å². The minimum absolute atomic E-state index is 0. The first-order valence-corrected chi connectivity index (χ1v) is 5.95. The molecule has 0 saturated carbocycles. The van der Waals surface area contributed by atoms with Crippen LogP contribution in [0.2, 0.25) is 0 Å². The number of nitrogens with one attached hydrogen (secondary N) is 2. The molecule has 6 nitrogen and oxygen atoms in total. The molecule has 102 valence electrons. The number of carbonyl (C=O) groups is 1. The summed E-state index contributed by atoms with van der Waals surface area (Å²) in [5.41, 5.74) is 1.75. The largest absolute Gasteiger partial charge is 0.352 e. The normalized spacial score (nSPS) is 14.8. The maximum Gasteiger partial charge on any atom is 0.257 e. The number of carbonyl (C=O) groups excluding carboxylic acids is 1. The highest BCUT2D eigenvalue weighted by Crippen LogP contribution is 2.16. The van der Waals surface area contributed by atoms with Crippen molar-refractivity contribution in [1.82, 2.24) is 20.8 Å². The van der Waals surface area contributed by atoms with E-state index in [1.807, 2.05) is 6.92 Å². The van der Waals surface area contributed by atoms with E-state index < -0.39 is 0 Å². The molecule has 1 saturated heterocycles. The topological polar surface area (TPSA) is 80.0 Å². The number of halogens is 1. The second-order valence-electron chi connectivity index (χ2n) is 4.58. The Labute approximate surface area is 116 Å². The SMILES string of the molecule is Cc1noc2ncc(C(=O)NCC3CNC3)cc12.Cl. The van der Waals surface area contributed by atoms with Crippen LogP contribution >= 0.6 is 12.4 Å². The van der Waals surface area contributed by atoms with Gasteiger partial charge in [-0.25, -0.2) is 4.98 Å². The highest BCUT2D eigenvalue weighted by atomic mass is 35.5.